The molecular formula is C14H11ClFNO2S. The number of benzene rings is 2. The molecule has 104 valence electrons. The van der Waals surface area contributed by atoms with Crippen LogP contribution in [-0.4, -0.2) is 11.1 Å². The van der Waals surface area contributed by atoms with Crippen molar-refractivity contribution in [2.75, 3.05) is 5.73 Å². The Morgan fingerprint density at radius 1 is 1.30 bits per heavy atom. The molecule has 0 bridgehead atoms. The molecule has 0 heterocycles. The monoisotopic (exact) mass is 311 g/mol. The molecule has 0 unspecified atom stereocenters. The summed E-state index contributed by atoms with van der Waals surface area (Å²) in [5, 5.41) is 9.45. The highest BCUT2D eigenvalue weighted by molar-refractivity contribution is 7.98. The highest BCUT2D eigenvalue weighted by Gasteiger charge is 2.14. The van der Waals surface area contributed by atoms with Gasteiger partial charge in [-0.15, -0.1) is 11.8 Å². The van der Waals surface area contributed by atoms with E-state index >= 15 is 0 Å². The van der Waals surface area contributed by atoms with Crippen LogP contribution in [0, 0.1) is 5.82 Å². The molecular weight excluding hydrogens is 301 g/mol. The van der Waals surface area contributed by atoms with E-state index in [1.807, 2.05) is 12.1 Å². The van der Waals surface area contributed by atoms with Gasteiger partial charge in [0.05, 0.1) is 5.56 Å². The summed E-state index contributed by atoms with van der Waals surface area (Å²) in [6.07, 6.45) is 0. The van der Waals surface area contributed by atoms with Crippen molar-refractivity contribution in [2.45, 2.75) is 10.6 Å². The number of aromatic carboxylic acids is 1. The third-order valence-corrected chi connectivity index (χ3v) is 4.03. The SMILES string of the molecule is Nc1cc(C(=O)O)c(F)cc1SCc1ccc(Cl)cc1. The maximum absolute atomic E-state index is 13.6. The Balaban J connectivity index is 2.16. The summed E-state index contributed by atoms with van der Waals surface area (Å²) < 4.78 is 13.6. The second-order valence-electron chi connectivity index (χ2n) is 4.09. The number of halogens is 2. The molecule has 2 aromatic carbocycles. The lowest BCUT2D eigenvalue weighted by Gasteiger charge is -2.08. The van der Waals surface area contributed by atoms with Gasteiger partial charge in [0.2, 0.25) is 0 Å². The number of carboxylic acids is 1. The molecule has 0 radical (unpaired) electrons. The number of carbonyl (C=O) groups is 1. The molecule has 3 nitrogen and oxygen atoms in total. The second kappa shape index (κ2) is 6.15. The van der Waals surface area contributed by atoms with Gasteiger partial charge in [-0.05, 0) is 29.8 Å². The molecule has 0 fully saturated rings. The Morgan fingerprint density at radius 2 is 1.95 bits per heavy atom. The molecule has 0 saturated carbocycles. The zero-order chi connectivity index (χ0) is 14.7. The van der Waals surface area contributed by atoms with Crippen molar-refractivity contribution in [3.8, 4) is 0 Å². The Hall–Kier alpha value is -1.72. The molecule has 0 aliphatic rings. The average Bonchev–Trinajstić information content (AvgIpc) is 2.41. The van der Waals surface area contributed by atoms with E-state index in [4.69, 9.17) is 22.4 Å². The standard InChI is InChI=1S/C14H11ClFNO2S/c15-9-3-1-8(2-4-9)7-20-13-6-11(16)10(14(18)19)5-12(13)17/h1-6H,7,17H2,(H,18,19). The largest absolute Gasteiger partial charge is 0.478 e. The maximum atomic E-state index is 13.6. The van der Waals surface area contributed by atoms with Crippen molar-refractivity contribution >= 4 is 35.0 Å². The van der Waals surface area contributed by atoms with Gasteiger partial charge in [0.1, 0.15) is 5.82 Å². The molecule has 2 rings (SSSR count). The van der Waals surface area contributed by atoms with Crippen molar-refractivity contribution in [2.24, 2.45) is 0 Å². The van der Waals surface area contributed by atoms with Crippen LogP contribution >= 0.6 is 23.4 Å². The van der Waals surface area contributed by atoms with Crippen molar-refractivity contribution in [3.05, 3.63) is 58.4 Å². The van der Waals surface area contributed by atoms with Gasteiger partial charge in [0.15, 0.2) is 0 Å². The quantitative estimate of drug-likeness (QED) is 0.660. The summed E-state index contributed by atoms with van der Waals surface area (Å²) in [5.41, 5.74) is 6.59. The van der Waals surface area contributed by atoms with Crippen molar-refractivity contribution < 1.29 is 14.3 Å². The van der Waals surface area contributed by atoms with Gasteiger partial charge in [-0.25, -0.2) is 9.18 Å². The predicted molar refractivity (Wildman–Crippen MR) is 78.8 cm³/mol. The first-order chi connectivity index (χ1) is 9.47. The topological polar surface area (TPSA) is 63.3 Å². The fraction of sp³-hybridized carbons (Fsp3) is 0.0714. The number of hydrogen-bond donors (Lipinski definition) is 2. The average molecular weight is 312 g/mol. The van der Waals surface area contributed by atoms with Crippen molar-refractivity contribution in [1.29, 1.82) is 0 Å². The highest BCUT2D eigenvalue weighted by Crippen LogP contribution is 2.30. The molecule has 0 spiro atoms. The number of anilines is 1. The normalized spacial score (nSPS) is 10.5. The molecule has 0 aromatic heterocycles. The molecule has 0 amide bonds. The zero-order valence-corrected chi connectivity index (χ0v) is 11.8. The van der Waals surface area contributed by atoms with E-state index < -0.39 is 17.3 Å². The Kier molecular flexibility index (Phi) is 4.52. The summed E-state index contributed by atoms with van der Waals surface area (Å²) in [5.74, 6) is -1.53. The molecule has 0 aliphatic heterocycles. The fourth-order valence-corrected chi connectivity index (χ4v) is 2.66. The van der Waals surface area contributed by atoms with E-state index in [1.165, 1.54) is 11.8 Å². The van der Waals surface area contributed by atoms with Gasteiger partial charge in [-0.3, -0.25) is 0 Å². The van der Waals surface area contributed by atoms with Crippen LogP contribution in [0.2, 0.25) is 5.02 Å². The number of nitrogens with two attached hydrogens (primary N) is 1. The minimum Gasteiger partial charge on any atom is -0.478 e. The van der Waals surface area contributed by atoms with Crippen LogP contribution in [0.15, 0.2) is 41.3 Å². The number of rotatable bonds is 4. The van der Waals surface area contributed by atoms with Gasteiger partial charge in [-0.1, -0.05) is 23.7 Å². The first kappa shape index (κ1) is 14.7. The van der Waals surface area contributed by atoms with Crippen LogP contribution < -0.4 is 5.73 Å². The van der Waals surface area contributed by atoms with Crippen LogP contribution in [0.3, 0.4) is 0 Å². The van der Waals surface area contributed by atoms with Crippen LogP contribution in [-0.2, 0) is 5.75 Å². The van der Waals surface area contributed by atoms with E-state index in [0.717, 1.165) is 17.7 Å². The number of carboxylic acid groups (broad SMARTS) is 1. The zero-order valence-electron chi connectivity index (χ0n) is 10.3. The maximum Gasteiger partial charge on any atom is 0.338 e. The van der Waals surface area contributed by atoms with Crippen molar-refractivity contribution in [3.63, 3.8) is 0 Å². The Labute approximate surface area is 124 Å². The van der Waals surface area contributed by atoms with E-state index in [-0.39, 0.29) is 5.69 Å². The van der Waals surface area contributed by atoms with E-state index in [9.17, 15) is 9.18 Å². The van der Waals surface area contributed by atoms with Crippen molar-refractivity contribution in [1.82, 2.24) is 0 Å². The minimum atomic E-state index is -1.33. The van der Waals surface area contributed by atoms with E-state index in [1.54, 1.807) is 12.1 Å². The fourth-order valence-electron chi connectivity index (χ4n) is 1.60. The number of hydrogen-bond acceptors (Lipinski definition) is 3. The lowest BCUT2D eigenvalue weighted by Crippen LogP contribution is -2.03. The summed E-state index contributed by atoms with van der Waals surface area (Å²) in [4.78, 5) is 11.3. The first-order valence-corrected chi connectivity index (χ1v) is 7.03. The van der Waals surface area contributed by atoms with Gasteiger partial charge in [0.25, 0.3) is 0 Å². The lowest BCUT2D eigenvalue weighted by molar-refractivity contribution is 0.0692. The molecule has 0 atom stereocenters. The number of thioether (sulfide) groups is 1. The second-order valence-corrected chi connectivity index (χ2v) is 5.54. The predicted octanol–water partition coefficient (Wildman–Crippen LogP) is 4.05. The Morgan fingerprint density at radius 3 is 2.55 bits per heavy atom. The van der Waals surface area contributed by atoms with Gasteiger partial charge in [0, 0.05) is 21.4 Å². The summed E-state index contributed by atoms with van der Waals surface area (Å²) in [6, 6.07) is 9.58. The summed E-state index contributed by atoms with van der Waals surface area (Å²) >= 11 is 7.13. The van der Waals surface area contributed by atoms with Crippen LogP contribution in [0.4, 0.5) is 10.1 Å². The third kappa shape index (κ3) is 3.43. The van der Waals surface area contributed by atoms with E-state index in [2.05, 4.69) is 0 Å². The number of nitrogen functional groups attached to an aromatic ring is 1. The highest BCUT2D eigenvalue weighted by atomic mass is 35.5. The molecule has 20 heavy (non-hydrogen) atoms. The Bertz CT molecular complexity index is 646. The first-order valence-electron chi connectivity index (χ1n) is 5.67. The van der Waals surface area contributed by atoms with Crippen LogP contribution in [0.25, 0.3) is 0 Å². The summed E-state index contributed by atoms with van der Waals surface area (Å²) in [7, 11) is 0. The molecule has 0 aliphatic carbocycles. The van der Waals surface area contributed by atoms with Crippen LogP contribution in [0.5, 0.6) is 0 Å². The summed E-state index contributed by atoms with van der Waals surface area (Å²) in [6.45, 7) is 0. The molecule has 2 aromatic rings. The third-order valence-electron chi connectivity index (χ3n) is 2.64. The van der Waals surface area contributed by atoms with Crippen LogP contribution in [0.1, 0.15) is 15.9 Å². The molecule has 3 N–H and O–H groups in total. The van der Waals surface area contributed by atoms with Gasteiger partial charge >= 0.3 is 5.97 Å². The lowest BCUT2D eigenvalue weighted by atomic mass is 10.2. The molecule has 0 saturated heterocycles. The van der Waals surface area contributed by atoms with Gasteiger partial charge in [-0.2, -0.15) is 0 Å². The van der Waals surface area contributed by atoms with Gasteiger partial charge < -0.3 is 10.8 Å². The minimum absolute atomic E-state index is 0.253. The smallest absolute Gasteiger partial charge is 0.338 e. The van der Waals surface area contributed by atoms with E-state index in [0.29, 0.717) is 15.7 Å². The molecule has 6 heteroatoms.